The molecule has 1 N–H and O–H groups in total. The van der Waals surface area contributed by atoms with E-state index in [9.17, 15) is 0 Å². The lowest BCUT2D eigenvalue weighted by Gasteiger charge is -2.10. The van der Waals surface area contributed by atoms with Crippen molar-refractivity contribution in [3.8, 4) is 0 Å². The molecular formula is C14H13BrClN. The first-order chi connectivity index (χ1) is 8.22. The van der Waals surface area contributed by atoms with Crippen LogP contribution in [0.4, 0.5) is 5.69 Å². The first-order valence-corrected chi connectivity index (χ1v) is 6.62. The number of hydrogen-bond acceptors (Lipinski definition) is 1. The Morgan fingerprint density at radius 2 is 1.94 bits per heavy atom. The van der Waals surface area contributed by atoms with Gasteiger partial charge in [-0.2, -0.15) is 0 Å². The zero-order chi connectivity index (χ0) is 12.3. The van der Waals surface area contributed by atoms with Gasteiger partial charge in [-0.25, -0.2) is 0 Å². The van der Waals surface area contributed by atoms with Crippen LogP contribution in [-0.2, 0) is 0 Å². The highest BCUT2D eigenvalue weighted by molar-refractivity contribution is 9.10. The molecule has 0 saturated carbocycles. The molecule has 0 unspecified atom stereocenters. The molecule has 2 rings (SSSR count). The summed E-state index contributed by atoms with van der Waals surface area (Å²) in [6.45, 7) is 2.76. The summed E-state index contributed by atoms with van der Waals surface area (Å²) in [4.78, 5) is 0. The fraction of sp³-hybridized carbons (Fsp3) is 0.143. The Morgan fingerprint density at radius 3 is 2.65 bits per heavy atom. The summed E-state index contributed by atoms with van der Waals surface area (Å²) in [6.07, 6.45) is 0. The third kappa shape index (κ3) is 2.82. The van der Waals surface area contributed by atoms with E-state index in [1.807, 2.05) is 19.1 Å². The summed E-state index contributed by atoms with van der Waals surface area (Å²) in [6, 6.07) is 12.4. The Morgan fingerprint density at radius 1 is 1.24 bits per heavy atom. The summed E-state index contributed by atoms with van der Waals surface area (Å²) in [5.74, 6) is 0. The van der Waals surface area contributed by atoms with Crippen LogP contribution in [0.5, 0.6) is 0 Å². The van der Waals surface area contributed by atoms with Gasteiger partial charge in [0.05, 0.1) is 0 Å². The van der Waals surface area contributed by atoms with Crippen molar-refractivity contribution in [1.29, 1.82) is 0 Å². The van der Waals surface area contributed by atoms with Gasteiger partial charge in [-0.3, -0.25) is 0 Å². The average Bonchev–Trinajstić information content (AvgIpc) is 2.38. The minimum Gasteiger partial charge on any atom is -0.381 e. The van der Waals surface area contributed by atoms with E-state index < -0.39 is 0 Å². The van der Waals surface area contributed by atoms with Gasteiger partial charge < -0.3 is 5.32 Å². The van der Waals surface area contributed by atoms with E-state index in [2.05, 4.69) is 45.5 Å². The van der Waals surface area contributed by atoms with Crippen LogP contribution in [0, 0.1) is 0 Å². The summed E-state index contributed by atoms with van der Waals surface area (Å²) in [7, 11) is 0. The van der Waals surface area contributed by atoms with Crippen LogP contribution in [0.2, 0.25) is 0 Å². The Labute approximate surface area is 115 Å². The normalized spacial score (nSPS) is 11.8. The Bertz CT molecular complexity index is 563. The molecule has 0 heterocycles. The minimum atomic E-state index is 0.759. The predicted molar refractivity (Wildman–Crippen MR) is 79.7 cm³/mol. The lowest BCUT2D eigenvalue weighted by molar-refractivity contribution is 1.22. The fourth-order valence-electron chi connectivity index (χ4n) is 1.69. The van der Waals surface area contributed by atoms with Gasteiger partial charge in [-0.15, -0.1) is 0 Å². The van der Waals surface area contributed by atoms with E-state index in [-0.39, 0.29) is 0 Å². The molecule has 0 aliphatic rings. The largest absolute Gasteiger partial charge is 0.381 e. The van der Waals surface area contributed by atoms with E-state index in [0.717, 1.165) is 22.3 Å². The first kappa shape index (κ1) is 12.5. The number of halogens is 2. The van der Waals surface area contributed by atoms with Crippen LogP contribution in [0.15, 0.2) is 52.0 Å². The van der Waals surface area contributed by atoms with Gasteiger partial charge in [0.2, 0.25) is 0 Å². The van der Waals surface area contributed by atoms with Gasteiger partial charge in [0.25, 0.3) is 0 Å². The Kier molecular flexibility index (Phi) is 4.08. The number of rotatable bonds is 3. The van der Waals surface area contributed by atoms with Crippen molar-refractivity contribution in [1.82, 2.24) is 0 Å². The number of hydrogen-bond donors (Lipinski definition) is 1. The van der Waals surface area contributed by atoms with Crippen molar-refractivity contribution >= 4 is 44.0 Å². The van der Waals surface area contributed by atoms with Crippen molar-refractivity contribution in [3.05, 3.63) is 52.0 Å². The van der Waals surface area contributed by atoms with E-state index in [0.29, 0.717) is 0 Å². The van der Waals surface area contributed by atoms with Crippen molar-refractivity contribution in [3.63, 3.8) is 0 Å². The molecule has 0 radical (unpaired) electrons. The van der Waals surface area contributed by atoms with Crippen LogP contribution in [0.25, 0.3) is 10.8 Å². The monoisotopic (exact) mass is 309 g/mol. The number of fused-ring (bicyclic) bond motifs is 1. The minimum absolute atomic E-state index is 0.759. The molecule has 0 aliphatic heterocycles. The summed E-state index contributed by atoms with van der Waals surface area (Å²) in [5, 5.41) is 5.82. The SMILES string of the molecule is C/C(=C/Cl)CNc1ccc(Br)c2ccccc12. The van der Waals surface area contributed by atoms with Gasteiger partial charge in [0, 0.05) is 27.6 Å². The third-order valence-electron chi connectivity index (χ3n) is 2.61. The van der Waals surface area contributed by atoms with E-state index in [1.54, 1.807) is 5.54 Å². The maximum atomic E-state index is 5.65. The second kappa shape index (κ2) is 5.56. The summed E-state index contributed by atoms with van der Waals surface area (Å²) >= 11 is 9.22. The maximum Gasteiger partial charge on any atom is 0.0423 e. The standard InChI is InChI=1S/C14H13BrClN/c1-10(8-16)9-17-14-7-6-13(15)11-4-2-3-5-12(11)14/h2-8,17H,9H2,1H3/b10-8-. The molecule has 0 spiro atoms. The predicted octanol–water partition coefficient (Wildman–Crippen LogP) is 5.16. The second-order valence-corrected chi connectivity index (χ2v) is 5.02. The van der Waals surface area contributed by atoms with Gasteiger partial charge in [0.1, 0.15) is 0 Å². The van der Waals surface area contributed by atoms with E-state index in [1.165, 1.54) is 10.8 Å². The van der Waals surface area contributed by atoms with Crippen LogP contribution in [0.3, 0.4) is 0 Å². The molecule has 17 heavy (non-hydrogen) atoms. The quantitative estimate of drug-likeness (QED) is 0.826. The average molecular weight is 311 g/mol. The van der Waals surface area contributed by atoms with E-state index in [4.69, 9.17) is 11.6 Å². The highest BCUT2D eigenvalue weighted by atomic mass is 79.9. The summed E-state index contributed by atoms with van der Waals surface area (Å²) in [5.41, 5.74) is 3.84. The molecule has 0 bridgehead atoms. The van der Waals surface area contributed by atoms with Crippen LogP contribution < -0.4 is 5.32 Å². The third-order valence-corrected chi connectivity index (χ3v) is 3.68. The number of benzene rings is 2. The van der Waals surface area contributed by atoms with Crippen LogP contribution in [-0.4, -0.2) is 6.54 Å². The molecule has 1 nitrogen and oxygen atoms in total. The zero-order valence-electron chi connectivity index (χ0n) is 9.50. The topological polar surface area (TPSA) is 12.0 Å². The molecule has 0 saturated heterocycles. The van der Waals surface area contributed by atoms with Crippen molar-refractivity contribution in [2.24, 2.45) is 0 Å². The second-order valence-electron chi connectivity index (χ2n) is 3.95. The lowest BCUT2D eigenvalue weighted by Crippen LogP contribution is -2.02. The number of anilines is 1. The van der Waals surface area contributed by atoms with Gasteiger partial charge in [-0.1, -0.05) is 51.8 Å². The fourth-order valence-corrected chi connectivity index (χ4v) is 2.24. The molecule has 0 fully saturated rings. The van der Waals surface area contributed by atoms with Crippen molar-refractivity contribution < 1.29 is 0 Å². The van der Waals surface area contributed by atoms with E-state index >= 15 is 0 Å². The zero-order valence-corrected chi connectivity index (χ0v) is 11.8. The molecule has 88 valence electrons. The first-order valence-electron chi connectivity index (χ1n) is 5.39. The van der Waals surface area contributed by atoms with Gasteiger partial charge in [-0.05, 0) is 30.0 Å². The highest BCUT2D eigenvalue weighted by Crippen LogP contribution is 2.29. The van der Waals surface area contributed by atoms with Crippen LogP contribution in [0.1, 0.15) is 6.92 Å². The molecule has 3 heteroatoms. The van der Waals surface area contributed by atoms with Crippen LogP contribution >= 0.6 is 27.5 Å². The van der Waals surface area contributed by atoms with Gasteiger partial charge in [0.15, 0.2) is 0 Å². The van der Waals surface area contributed by atoms with Gasteiger partial charge >= 0.3 is 0 Å². The molecule has 2 aromatic rings. The van der Waals surface area contributed by atoms with Crippen molar-refractivity contribution in [2.45, 2.75) is 6.92 Å². The van der Waals surface area contributed by atoms with Crippen molar-refractivity contribution in [2.75, 3.05) is 11.9 Å². The summed E-state index contributed by atoms with van der Waals surface area (Å²) < 4.78 is 1.11. The highest BCUT2D eigenvalue weighted by Gasteiger charge is 2.03. The molecule has 0 aromatic heterocycles. The Balaban J connectivity index is 2.38. The maximum absolute atomic E-state index is 5.65. The lowest BCUT2D eigenvalue weighted by atomic mass is 10.1. The number of nitrogens with one attached hydrogen (secondary N) is 1. The molecule has 0 amide bonds. The smallest absolute Gasteiger partial charge is 0.0423 e. The molecule has 0 aliphatic carbocycles. The molecule has 2 aromatic carbocycles. The Hall–Kier alpha value is -0.990. The molecular weight excluding hydrogens is 298 g/mol. The molecule has 0 atom stereocenters.